The third-order valence-corrected chi connectivity index (χ3v) is 8.64. The lowest BCUT2D eigenvalue weighted by molar-refractivity contribution is 0.0101. The minimum atomic E-state index is -0.893. The Kier molecular flexibility index (Phi) is 3.13. The summed E-state index contributed by atoms with van der Waals surface area (Å²) in [6, 6.07) is 15.7. The SMILES string of the molecule is C=C1c2c(c3c4ccccc4n4c3c3c2c2ccccc2n3[C@H]2C[C@@H]4[C@@H](O)[C@H]2O)C(=O)N1P. The molecule has 0 spiro atoms. The van der Waals surface area contributed by atoms with Crippen LogP contribution in [0.1, 0.15) is 34.4 Å². The van der Waals surface area contributed by atoms with Crippen molar-refractivity contribution < 1.29 is 15.0 Å². The fourth-order valence-corrected chi connectivity index (χ4v) is 7.06. The standard InChI is InChI=1S/C26H20N3O3P/c1-11-18-19-12-6-2-4-8-14(12)27-16-10-17(25(31)24(16)30)28-15-9-5-3-7-13(15)20(23(28)22(19)27)21(18)26(32)29(11)33/h2-9,16-17,24-25,30-31H,1,10,33H2/t16-,17+,24-,25+/m0/s1. The first kappa shape index (κ1) is 18.3. The van der Waals surface area contributed by atoms with E-state index >= 15 is 0 Å². The second-order valence-electron chi connectivity index (χ2n) is 9.44. The molecule has 1 aliphatic carbocycles. The maximum Gasteiger partial charge on any atom is 0.262 e. The van der Waals surface area contributed by atoms with Gasteiger partial charge in [-0.3, -0.25) is 9.46 Å². The minimum absolute atomic E-state index is 0.0865. The Morgan fingerprint density at radius 2 is 1.30 bits per heavy atom. The third-order valence-electron chi connectivity index (χ3n) is 8.09. The number of para-hydroxylation sites is 2. The molecular weight excluding hydrogens is 433 g/mol. The number of aliphatic hydroxyl groups excluding tert-OH is 2. The summed E-state index contributed by atoms with van der Waals surface area (Å²) in [4.78, 5) is 13.6. The van der Waals surface area contributed by atoms with Crippen LogP contribution in [-0.4, -0.2) is 42.1 Å². The van der Waals surface area contributed by atoms with E-state index in [4.69, 9.17) is 0 Å². The zero-order valence-corrected chi connectivity index (χ0v) is 18.7. The predicted molar refractivity (Wildman–Crippen MR) is 132 cm³/mol. The van der Waals surface area contributed by atoms with Crippen LogP contribution >= 0.6 is 9.39 Å². The van der Waals surface area contributed by atoms with Crippen molar-refractivity contribution in [2.75, 3.05) is 0 Å². The number of aliphatic hydroxyl groups is 2. The van der Waals surface area contributed by atoms with Crippen LogP contribution in [0.3, 0.4) is 0 Å². The molecule has 162 valence electrons. The molecule has 7 heteroatoms. The molecular formula is C26H20N3O3P. The number of nitrogens with zero attached hydrogens (tertiary/aromatic N) is 3. The van der Waals surface area contributed by atoms with E-state index < -0.39 is 12.2 Å². The highest BCUT2D eigenvalue weighted by Gasteiger charge is 2.49. The van der Waals surface area contributed by atoms with Gasteiger partial charge in [0.05, 0.1) is 28.7 Å². The van der Waals surface area contributed by atoms with Crippen molar-refractivity contribution in [3.63, 3.8) is 0 Å². The number of hydrogen-bond donors (Lipinski definition) is 2. The van der Waals surface area contributed by atoms with Crippen molar-refractivity contribution in [2.24, 2.45) is 0 Å². The molecule has 2 bridgehead atoms. The third kappa shape index (κ3) is 1.82. The molecule has 1 unspecified atom stereocenters. The summed E-state index contributed by atoms with van der Waals surface area (Å²) < 4.78 is 5.96. The number of carbonyl (C=O) groups is 1. The van der Waals surface area contributed by atoms with Crippen LogP contribution in [0.2, 0.25) is 0 Å². The van der Waals surface area contributed by atoms with E-state index in [1.54, 1.807) is 4.67 Å². The van der Waals surface area contributed by atoms with Gasteiger partial charge in [0.1, 0.15) is 12.2 Å². The number of benzene rings is 3. The lowest BCUT2D eigenvalue weighted by atomic mass is 9.96. The number of hydrogen-bond acceptors (Lipinski definition) is 3. The molecule has 6 nitrogen and oxygen atoms in total. The molecule has 33 heavy (non-hydrogen) atoms. The predicted octanol–water partition coefficient (Wildman–Crippen LogP) is 4.34. The van der Waals surface area contributed by atoms with Crippen molar-refractivity contribution in [2.45, 2.75) is 30.7 Å². The summed E-state index contributed by atoms with van der Waals surface area (Å²) in [7, 11) is 2.52. The van der Waals surface area contributed by atoms with Gasteiger partial charge in [-0.05, 0) is 27.9 Å². The zero-order chi connectivity index (χ0) is 22.3. The van der Waals surface area contributed by atoms with Gasteiger partial charge in [0.25, 0.3) is 5.91 Å². The van der Waals surface area contributed by atoms with Crippen LogP contribution in [-0.2, 0) is 0 Å². The zero-order valence-electron chi connectivity index (χ0n) is 17.6. The lowest BCUT2D eigenvalue weighted by Crippen LogP contribution is -2.31. The largest absolute Gasteiger partial charge is 0.388 e. The average molecular weight is 453 g/mol. The Morgan fingerprint density at radius 3 is 1.85 bits per heavy atom. The van der Waals surface area contributed by atoms with Crippen molar-refractivity contribution in [3.8, 4) is 0 Å². The first-order chi connectivity index (χ1) is 16.0. The summed E-state index contributed by atoms with van der Waals surface area (Å²) in [5, 5.41) is 26.3. The van der Waals surface area contributed by atoms with Gasteiger partial charge in [-0.25, -0.2) is 0 Å². The van der Waals surface area contributed by atoms with Crippen LogP contribution in [0.25, 0.3) is 49.3 Å². The summed E-state index contributed by atoms with van der Waals surface area (Å²) >= 11 is 0. The van der Waals surface area contributed by atoms with Crippen molar-refractivity contribution >= 4 is 64.6 Å². The first-order valence-corrected chi connectivity index (χ1v) is 11.7. The maximum atomic E-state index is 13.6. The normalized spacial score (nSPS) is 26.0. The monoisotopic (exact) mass is 453 g/mol. The molecule has 2 N–H and O–H groups in total. The van der Waals surface area contributed by atoms with E-state index in [0.717, 1.165) is 49.2 Å². The Balaban J connectivity index is 1.79. The summed E-state index contributed by atoms with van der Waals surface area (Å²) in [6.45, 7) is 4.28. The molecule has 3 aliphatic rings. The van der Waals surface area contributed by atoms with Gasteiger partial charge in [-0.1, -0.05) is 43.0 Å². The first-order valence-electron chi connectivity index (χ1n) is 11.2. The Labute approximate surface area is 190 Å². The molecule has 1 amide bonds. The van der Waals surface area contributed by atoms with E-state index in [2.05, 4.69) is 37.2 Å². The topological polar surface area (TPSA) is 70.6 Å². The van der Waals surface area contributed by atoms with Gasteiger partial charge in [0.2, 0.25) is 0 Å². The number of aromatic nitrogens is 2. The van der Waals surface area contributed by atoms with Crippen LogP contribution < -0.4 is 0 Å². The van der Waals surface area contributed by atoms with E-state index in [-0.39, 0.29) is 18.0 Å². The number of amides is 1. The number of fused-ring (bicyclic) bond motifs is 13. The van der Waals surface area contributed by atoms with Crippen LogP contribution in [0.4, 0.5) is 0 Å². The summed E-state index contributed by atoms with van der Waals surface area (Å²) in [6.07, 6.45) is -1.15. The smallest absolute Gasteiger partial charge is 0.262 e. The second-order valence-corrected chi connectivity index (χ2v) is 9.96. The minimum Gasteiger partial charge on any atom is -0.388 e. The molecule has 3 aromatic carbocycles. The van der Waals surface area contributed by atoms with E-state index in [0.29, 0.717) is 17.7 Å². The Morgan fingerprint density at radius 1 is 0.818 bits per heavy atom. The van der Waals surface area contributed by atoms with Gasteiger partial charge in [-0.2, -0.15) is 0 Å². The van der Waals surface area contributed by atoms with Crippen LogP contribution in [0.15, 0.2) is 55.1 Å². The van der Waals surface area contributed by atoms with Gasteiger partial charge < -0.3 is 19.3 Å². The Bertz CT molecular complexity index is 1640. The molecule has 2 aromatic heterocycles. The fourth-order valence-electron chi connectivity index (χ4n) is 6.80. The van der Waals surface area contributed by atoms with Gasteiger partial charge in [0, 0.05) is 43.8 Å². The molecule has 0 radical (unpaired) electrons. The molecule has 8 rings (SSSR count). The van der Waals surface area contributed by atoms with E-state index in [1.807, 2.05) is 36.4 Å². The van der Waals surface area contributed by atoms with Crippen LogP contribution in [0, 0.1) is 0 Å². The molecule has 1 saturated carbocycles. The van der Waals surface area contributed by atoms with Crippen molar-refractivity contribution in [3.05, 3.63) is 66.2 Å². The van der Waals surface area contributed by atoms with Gasteiger partial charge >= 0.3 is 0 Å². The highest BCUT2D eigenvalue weighted by atomic mass is 31.0. The lowest BCUT2D eigenvalue weighted by Gasteiger charge is -2.24. The van der Waals surface area contributed by atoms with E-state index in [9.17, 15) is 15.0 Å². The van der Waals surface area contributed by atoms with E-state index in [1.165, 1.54) is 0 Å². The van der Waals surface area contributed by atoms with Crippen LogP contribution in [0.5, 0.6) is 0 Å². The van der Waals surface area contributed by atoms with Crippen molar-refractivity contribution in [1.82, 2.24) is 13.8 Å². The highest BCUT2D eigenvalue weighted by Crippen LogP contribution is 2.55. The van der Waals surface area contributed by atoms with Gasteiger partial charge in [0.15, 0.2) is 0 Å². The van der Waals surface area contributed by atoms with Crippen molar-refractivity contribution in [1.29, 1.82) is 0 Å². The maximum absolute atomic E-state index is 13.6. The average Bonchev–Trinajstić information content (AvgIpc) is 3.46. The quantitative estimate of drug-likeness (QED) is 0.343. The molecule has 0 saturated heterocycles. The molecule has 2 aliphatic heterocycles. The fraction of sp³-hybridized carbons (Fsp3) is 0.192. The second kappa shape index (κ2) is 5.65. The molecule has 5 atom stereocenters. The molecule has 1 fully saturated rings. The number of carbonyl (C=O) groups excluding carboxylic acids is 1. The molecule has 4 heterocycles. The van der Waals surface area contributed by atoms with Gasteiger partial charge in [-0.15, -0.1) is 0 Å². The number of rotatable bonds is 0. The summed E-state index contributed by atoms with van der Waals surface area (Å²) in [5.74, 6) is -0.0865. The Hall–Kier alpha value is -3.18. The molecule has 5 aromatic rings. The summed E-state index contributed by atoms with van der Waals surface area (Å²) in [5.41, 5.74) is 6.14. The highest BCUT2D eigenvalue weighted by molar-refractivity contribution is 7.15.